The van der Waals surface area contributed by atoms with Gasteiger partial charge in [0.2, 0.25) is 5.91 Å². The van der Waals surface area contributed by atoms with Gasteiger partial charge in [-0.05, 0) is 6.92 Å². The average Bonchev–Trinajstić information content (AvgIpc) is 2.47. The molecule has 13 heavy (non-hydrogen) atoms. The monoisotopic (exact) mass is 201 g/mol. The van der Waals surface area contributed by atoms with E-state index < -0.39 is 5.38 Å². The number of hydrogen-bond acceptors (Lipinski definition) is 2. The summed E-state index contributed by atoms with van der Waals surface area (Å²) in [4.78, 5) is 15.1. The number of halogens is 1. The van der Waals surface area contributed by atoms with Crippen LogP contribution in [-0.2, 0) is 18.4 Å². The molecule has 5 heteroatoms. The summed E-state index contributed by atoms with van der Waals surface area (Å²) in [7, 11) is 1.87. The lowest BCUT2D eigenvalue weighted by atomic mass is 10.4. The molecule has 0 saturated carbocycles. The number of imidazole rings is 1. The number of aromatic nitrogens is 2. The van der Waals surface area contributed by atoms with Gasteiger partial charge in [0.05, 0.1) is 6.54 Å². The quantitative estimate of drug-likeness (QED) is 0.731. The van der Waals surface area contributed by atoms with Crippen LogP contribution in [0.3, 0.4) is 0 Å². The summed E-state index contributed by atoms with van der Waals surface area (Å²) in [6.07, 6.45) is 3.51. The number of alkyl halides is 1. The van der Waals surface area contributed by atoms with E-state index in [1.807, 2.05) is 17.8 Å². The topological polar surface area (TPSA) is 46.9 Å². The van der Waals surface area contributed by atoms with Crippen molar-refractivity contribution in [1.29, 1.82) is 0 Å². The first kappa shape index (κ1) is 10.1. The molecular weight excluding hydrogens is 190 g/mol. The first-order chi connectivity index (χ1) is 6.11. The van der Waals surface area contributed by atoms with E-state index in [-0.39, 0.29) is 5.91 Å². The maximum Gasteiger partial charge on any atom is 0.238 e. The first-order valence-electron chi connectivity index (χ1n) is 3.99. The molecule has 0 saturated heterocycles. The highest BCUT2D eigenvalue weighted by Gasteiger charge is 2.08. The summed E-state index contributed by atoms with van der Waals surface area (Å²) >= 11 is 5.57. The Balaban J connectivity index is 2.44. The van der Waals surface area contributed by atoms with E-state index in [0.717, 1.165) is 5.82 Å². The fraction of sp³-hybridized carbons (Fsp3) is 0.500. The van der Waals surface area contributed by atoms with E-state index in [4.69, 9.17) is 11.6 Å². The van der Waals surface area contributed by atoms with E-state index in [9.17, 15) is 4.79 Å². The number of rotatable bonds is 3. The van der Waals surface area contributed by atoms with Crippen molar-refractivity contribution >= 4 is 17.5 Å². The Morgan fingerprint density at radius 1 is 1.85 bits per heavy atom. The molecule has 0 bridgehead atoms. The van der Waals surface area contributed by atoms with Gasteiger partial charge >= 0.3 is 0 Å². The standard InChI is InChI=1S/C8H12ClN3O/c1-6(9)8(13)11-5-7-10-3-4-12(7)2/h3-4,6H,5H2,1-2H3,(H,11,13). The number of carbonyl (C=O) groups excluding carboxylic acids is 1. The predicted molar refractivity (Wildman–Crippen MR) is 50.4 cm³/mol. The Morgan fingerprint density at radius 2 is 2.54 bits per heavy atom. The van der Waals surface area contributed by atoms with Crippen LogP contribution in [0, 0.1) is 0 Å². The molecule has 0 fully saturated rings. The van der Waals surface area contributed by atoms with Crippen LogP contribution in [0.25, 0.3) is 0 Å². The highest BCUT2D eigenvalue weighted by Crippen LogP contribution is 1.96. The molecule has 1 heterocycles. The van der Waals surface area contributed by atoms with Crippen molar-refractivity contribution in [1.82, 2.24) is 14.9 Å². The van der Waals surface area contributed by atoms with Crippen molar-refractivity contribution in [3.8, 4) is 0 Å². The highest BCUT2D eigenvalue weighted by atomic mass is 35.5. The van der Waals surface area contributed by atoms with Crippen LogP contribution in [0.2, 0.25) is 0 Å². The van der Waals surface area contributed by atoms with Crippen molar-refractivity contribution in [2.45, 2.75) is 18.8 Å². The summed E-state index contributed by atoms with van der Waals surface area (Å²) in [5.41, 5.74) is 0. The van der Waals surface area contributed by atoms with Crippen molar-refractivity contribution in [2.24, 2.45) is 7.05 Å². The maximum atomic E-state index is 11.1. The number of carbonyl (C=O) groups is 1. The second-order valence-electron chi connectivity index (χ2n) is 2.79. The molecule has 0 aliphatic heterocycles. The molecule has 1 atom stereocenters. The molecule has 4 nitrogen and oxygen atoms in total. The van der Waals surface area contributed by atoms with Gasteiger partial charge in [0, 0.05) is 19.4 Å². The van der Waals surface area contributed by atoms with E-state index >= 15 is 0 Å². The van der Waals surface area contributed by atoms with Crippen LogP contribution in [0.1, 0.15) is 12.7 Å². The van der Waals surface area contributed by atoms with Gasteiger partial charge in [-0.2, -0.15) is 0 Å². The zero-order chi connectivity index (χ0) is 9.84. The molecule has 0 spiro atoms. The maximum absolute atomic E-state index is 11.1. The molecule has 1 rings (SSSR count). The fourth-order valence-corrected chi connectivity index (χ4v) is 0.951. The van der Waals surface area contributed by atoms with Crippen LogP contribution < -0.4 is 5.32 Å². The minimum absolute atomic E-state index is 0.176. The van der Waals surface area contributed by atoms with Crippen LogP contribution in [0.4, 0.5) is 0 Å². The fourth-order valence-electron chi connectivity index (χ4n) is 0.874. The van der Waals surface area contributed by atoms with Gasteiger partial charge in [-0.15, -0.1) is 11.6 Å². The lowest BCUT2D eigenvalue weighted by Gasteiger charge is -2.05. The molecule has 0 aromatic carbocycles. The minimum atomic E-state index is -0.500. The Labute approximate surface area is 81.9 Å². The molecule has 72 valence electrons. The highest BCUT2D eigenvalue weighted by molar-refractivity contribution is 6.30. The van der Waals surface area contributed by atoms with Gasteiger partial charge in [0.15, 0.2) is 0 Å². The summed E-state index contributed by atoms with van der Waals surface area (Å²) in [6.45, 7) is 2.05. The van der Waals surface area contributed by atoms with Crippen molar-refractivity contribution in [2.75, 3.05) is 0 Å². The molecule has 1 unspecified atom stereocenters. The van der Waals surface area contributed by atoms with Crippen LogP contribution in [0.5, 0.6) is 0 Å². The molecule has 0 aliphatic rings. The smallest absolute Gasteiger partial charge is 0.238 e. The second kappa shape index (κ2) is 4.28. The van der Waals surface area contributed by atoms with Gasteiger partial charge in [-0.25, -0.2) is 4.98 Å². The molecule has 1 N–H and O–H groups in total. The zero-order valence-electron chi connectivity index (χ0n) is 7.62. The zero-order valence-corrected chi connectivity index (χ0v) is 8.38. The molecule has 0 radical (unpaired) electrons. The first-order valence-corrected chi connectivity index (χ1v) is 4.43. The van der Waals surface area contributed by atoms with Gasteiger partial charge in [0.25, 0.3) is 0 Å². The third-order valence-electron chi connectivity index (χ3n) is 1.70. The number of aryl methyl sites for hydroxylation is 1. The number of nitrogens with one attached hydrogen (secondary N) is 1. The third-order valence-corrected chi connectivity index (χ3v) is 1.90. The third kappa shape index (κ3) is 2.73. The molecule has 1 aromatic rings. The average molecular weight is 202 g/mol. The summed E-state index contributed by atoms with van der Waals surface area (Å²) in [5.74, 6) is 0.635. The Bertz CT molecular complexity index is 295. The molecule has 1 amide bonds. The number of nitrogens with zero attached hydrogens (tertiary/aromatic N) is 2. The van der Waals surface area contributed by atoms with Crippen LogP contribution >= 0.6 is 11.6 Å². The van der Waals surface area contributed by atoms with Gasteiger partial charge in [-0.1, -0.05) is 0 Å². The van der Waals surface area contributed by atoms with E-state index in [1.54, 1.807) is 13.1 Å². The van der Waals surface area contributed by atoms with Crippen LogP contribution in [-0.4, -0.2) is 20.8 Å². The van der Waals surface area contributed by atoms with Crippen molar-refractivity contribution < 1.29 is 4.79 Å². The minimum Gasteiger partial charge on any atom is -0.348 e. The van der Waals surface area contributed by atoms with E-state index in [0.29, 0.717) is 6.54 Å². The SMILES string of the molecule is CC(Cl)C(=O)NCc1nccn1C. The van der Waals surface area contributed by atoms with Gasteiger partial charge in [-0.3, -0.25) is 4.79 Å². The number of hydrogen-bond donors (Lipinski definition) is 1. The summed E-state index contributed by atoms with van der Waals surface area (Å²) in [6, 6.07) is 0. The van der Waals surface area contributed by atoms with Crippen molar-refractivity contribution in [3.05, 3.63) is 18.2 Å². The lowest BCUT2D eigenvalue weighted by Crippen LogP contribution is -2.30. The largest absolute Gasteiger partial charge is 0.348 e. The Hall–Kier alpha value is -1.03. The second-order valence-corrected chi connectivity index (χ2v) is 3.44. The summed E-state index contributed by atoms with van der Waals surface area (Å²) in [5, 5.41) is 2.17. The molecule has 0 aliphatic carbocycles. The van der Waals surface area contributed by atoms with Crippen LogP contribution in [0.15, 0.2) is 12.4 Å². The predicted octanol–water partition coefficient (Wildman–Crippen LogP) is 0.664. The van der Waals surface area contributed by atoms with E-state index in [1.165, 1.54) is 0 Å². The Kier molecular flexibility index (Phi) is 3.31. The lowest BCUT2D eigenvalue weighted by molar-refractivity contribution is -0.120. The number of amides is 1. The van der Waals surface area contributed by atoms with Gasteiger partial charge < -0.3 is 9.88 Å². The molecule has 1 aromatic heterocycles. The molecular formula is C8H12ClN3O. The Morgan fingerprint density at radius 3 is 3.00 bits per heavy atom. The summed E-state index contributed by atoms with van der Waals surface area (Å²) < 4.78 is 1.85. The normalized spacial score (nSPS) is 12.5. The van der Waals surface area contributed by atoms with E-state index in [2.05, 4.69) is 10.3 Å². The van der Waals surface area contributed by atoms with Crippen molar-refractivity contribution in [3.63, 3.8) is 0 Å². The van der Waals surface area contributed by atoms with Gasteiger partial charge in [0.1, 0.15) is 11.2 Å².